The van der Waals surface area contributed by atoms with Gasteiger partial charge in [-0.2, -0.15) is 4.57 Å². The summed E-state index contributed by atoms with van der Waals surface area (Å²) in [4.78, 5) is 0.256. The van der Waals surface area contributed by atoms with Crippen LogP contribution >= 0.6 is 0 Å². The molecule has 0 aliphatic heterocycles. The first kappa shape index (κ1) is 16.2. The average molecular weight is 339 g/mol. The van der Waals surface area contributed by atoms with E-state index in [9.17, 15) is 8.42 Å². The smallest absolute Gasteiger partial charge is 0.262 e. The molecule has 24 heavy (non-hydrogen) atoms. The number of aryl methyl sites for hydroxylation is 1. The highest BCUT2D eigenvalue weighted by Crippen LogP contribution is 2.15. The van der Waals surface area contributed by atoms with Gasteiger partial charge in [0.1, 0.15) is 5.69 Å². The van der Waals surface area contributed by atoms with Gasteiger partial charge in [0.25, 0.3) is 10.0 Å². The molecule has 0 saturated heterocycles. The Labute approximate surface area is 142 Å². The molecule has 0 aliphatic rings. The summed E-state index contributed by atoms with van der Waals surface area (Å²) in [5.74, 6) is 0. The Balaban J connectivity index is 1.80. The Bertz CT molecular complexity index is 921. The summed E-state index contributed by atoms with van der Waals surface area (Å²) in [5.41, 5.74) is 2.71. The lowest BCUT2D eigenvalue weighted by atomic mass is 10.2. The molecule has 4 nitrogen and oxygen atoms in total. The van der Waals surface area contributed by atoms with E-state index in [1.54, 1.807) is 36.5 Å². The van der Waals surface area contributed by atoms with Crippen LogP contribution in [-0.4, -0.2) is 8.42 Å². The molecule has 0 fully saturated rings. The van der Waals surface area contributed by atoms with Crippen LogP contribution in [0.25, 0.3) is 0 Å². The maximum atomic E-state index is 12.5. The third-order valence-corrected chi connectivity index (χ3v) is 5.05. The maximum Gasteiger partial charge on any atom is 0.262 e. The summed E-state index contributed by atoms with van der Waals surface area (Å²) >= 11 is 0. The summed E-state index contributed by atoms with van der Waals surface area (Å²) in [6, 6.07) is 20.4. The van der Waals surface area contributed by atoms with Gasteiger partial charge in [-0.05, 0) is 25.1 Å². The van der Waals surface area contributed by atoms with Crippen molar-refractivity contribution < 1.29 is 13.0 Å². The quantitative estimate of drug-likeness (QED) is 0.726. The summed E-state index contributed by atoms with van der Waals surface area (Å²) in [6.07, 6.45) is 3.70. The number of nitrogens with zero attached hydrogens (tertiary/aromatic N) is 1. The summed E-state index contributed by atoms with van der Waals surface area (Å²) < 4.78 is 29.5. The molecule has 5 heteroatoms. The first-order valence-corrected chi connectivity index (χ1v) is 9.14. The van der Waals surface area contributed by atoms with Gasteiger partial charge >= 0.3 is 0 Å². The number of aromatic nitrogens is 1. The van der Waals surface area contributed by atoms with Gasteiger partial charge in [0.2, 0.25) is 0 Å². The molecular formula is C19H19N2O2S+. The molecule has 0 spiro atoms. The number of hydrogen-bond donors (Lipinski definition) is 1. The minimum Gasteiger partial charge on any atom is -0.274 e. The van der Waals surface area contributed by atoms with Crippen molar-refractivity contribution in [1.29, 1.82) is 0 Å². The fourth-order valence-electron chi connectivity index (χ4n) is 2.41. The highest BCUT2D eigenvalue weighted by atomic mass is 32.2. The van der Waals surface area contributed by atoms with Crippen LogP contribution in [0.2, 0.25) is 0 Å². The number of anilines is 1. The van der Waals surface area contributed by atoms with Crippen molar-refractivity contribution in [3.8, 4) is 0 Å². The standard InChI is InChI=1S/C19H19N2O2S/c1-16-9-11-19(12-10-16)24(22,23)20-18-8-5-13-21(15-18)14-17-6-3-2-4-7-17/h2-13,15,20H,14H2,1H3/q+1. The molecule has 0 amide bonds. The van der Waals surface area contributed by atoms with E-state index in [1.807, 2.05) is 54.1 Å². The molecule has 0 bridgehead atoms. The fourth-order valence-corrected chi connectivity index (χ4v) is 3.45. The zero-order chi connectivity index (χ0) is 17.0. The van der Waals surface area contributed by atoms with Gasteiger partial charge in [-0.3, -0.25) is 4.72 Å². The van der Waals surface area contributed by atoms with Gasteiger partial charge in [-0.1, -0.05) is 48.0 Å². The Kier molecular flexibility index (Phi) is 4.62. The second-order valence-electron chi connectivity index (χ2n) is 5.67. The van der Waals surface area contributed by atoms with Gasteiger partial charge < -0.3 is 0 Å². The van der Waals surface area contributed by atoms with Crippen molar-refractivity contribution in [2.24, 2.45) is 0 Å². The van der Waals surface area contributed by atoms with E-state index in [4.69, 9.17) is 0 Å². The van der Waals surface area contributed by atoms with E-state index in [0.29, 0.717) is 12.2 Å². The van der Waals surface area contributed by atoms with Crippen molar-refractivity contribution in [2.45, 2.75) is 18.4 Å². The SMILES string of the molecule is Cc1ccc(S(=O)(=O)Nc2ccc[n+](Cc3ccccc3)c2)cc1. The highest BCUT2D eigenvalue weighted by molar-refractivity contribution is 7.92. The van der Waals surface area contributed by atoms with Crippen molar-refractivity contribution in [1.82, 2.24) is 0 Å². The molecule has 1 heterocycles. The number of benzene rings is 2. The molecule has 0 atom stereocenters. The third kappa shape index (κ3) is 4.00. The molecule has 0 radical (unpaired) electrons. The van der Waals surface area contributed by atoms with Crippen molar-refractivity contribution in [2.75, 3.05) is 4.72 Å². The maximum absolute atomic E-state index is 12.5. The zero-order valence-electron chi connectivity index (χ0n) is 13.4. The Hall–Kier alpha value is -2.66. The van der Waals surface area contributed by atoms with E-state index < -0.39 is 10.0 Å². The van der Waals surface area contributed by atoms with Gasteiger partial charge in [-0.15, -0.1) is 0 Å². The molecule has 1 aromatic heterocycles. The topological polar surface area (TPSA) is 50.1 Å². The van der Waals surface area contributed by atoms with Crippen molar-refractivity contribution in [3.05, 3.63) is 90.3 Å². The summed E-state index contributed by atoms with van der Waals surface area (Å²) in [6.45, 7) is 2.61. The van der Waals surface area contributed by atoms with Crippen LogP contribution in [0.5, 0.6) is 0 Å². The van der Waals surface area contributed by atoms with E-state index in [-0.39, 0.29) is 4.90 Å². The van der Waals surface area contributed by atoms with Gasteiger partial charge in [-0.25, -0.2) is 8.42 Å². The Morgan fingerprint density at radius 2 is 1.62 bits per heavy atom. The lowest BCUT2D eigenvalue weighted by Crippen LogP contribution is -2.33. The highest BCUT2D eigenvalue weighted by Gasteiger charge is 2.15. The fraction of sp³-hybridized carbons (Fsp3) is 0.105. The van der Waals surface area contributed by atoms with E-state index in [0.717, 1.165) is 11.1 Å². The number of rotatable bonds is 5. The summed E-state index contributed by atoms with van der Waals surface area (Å²) in [5, 5.41) is 0. The predicted octanol–water partition coefficient (Wildman–Crippen LogP) is 3.13. The largest absolute Gasteiger partial charge is 0.274 e. The Morgan fingerprint density at radius 3 is 2.33 bits per heavy atom. The van der Waals surface area contributed by atoms with Crippen LogP contribution in [0.15, 0.2) is 84.0 Å². The Morgan fingerprint density at radius 1 is 0.917 bits per heavy atom. The lowest BCUT2D eigenvalue weighted by Gasteiger charge is -2.07. The van der Waals surface area contributed by atoms with Crippen LogP contribution < -0.4 is 9.29 Å². The van der Waals surface area contributed by atoms with Crippen LogP contribution in [-0.2, 0) is 16.6 Å². The first-order chi connectivity index (χ1) is 11.5. The predicted molar refractivity (Wildman–Crippen MR) is 94.2 cm³/mol. The molecule has 0 aliphatic carbocycles. The number of pyridine rings is 1. The lowest BCUT2D eigenvalue weighted by molar-refractivity contribution is -0.687. The molecular weight excluding hydrogens is 320 g/mol. The molecule has 0 unspecified atom stereocenters. The number of sulfonamides is 1. The van der Waals surface area contributed by atoms with E-state index in [1.165, 1.54) is 0 Å². The van der Waals surface area contributed by atoms with Crippen LogP contribution in [0.1, 0.15) is 11.1 Å². The van der Waals surface area contributed by atoms with Crippen molar-refractivity contribution >= 4 is 15.7 Å². The molecule has 2 aromatic carbocycles. The normalized spacial score (nSPS) is 11.2. The van der Waals surface area contributed by atoms with E-state index in [2.05, 4.69) is 4.72 Å². The minimum absolute atomic E-state index is 0.256. The van der Waals surface area contributed by atoms with Gasteiger partial charge in [0, 0.05) is 11.6 Å². The average Bonchev–Trinajstić information content (AvgIpc) is 2.56. The molecule has 3 aromatic rings. The third-order valence-electron chi connectivity index (χ3n) is 3.65. The molecule has 0 saturated carbocycles. The number of hydrogen-bond acceptors (Lipinski definition) is 2. The summed E-state index contributed by atoms with van der Waals surface area (Å²) in [7, 11) is -3.58. The monoisotopic (exact) mass is 339 g/mol. The second-order valence-corrected chi connectivity index (χ2v) is 7.35. The van der Waals surface area contributed by atoms with E-state index >= 15 is 0 Å². The zero-order valence-corrected chi connectivity index (χ0v) is 14.2. The van der Waals surface area contributed by atoms with Crippen LogP contribution in [0, 0.1) is 6.92 Å². The van der Waals surface area contributed by atoms with Gasteiger partial charge in [0.15, 0.2) is 18.9 Å². The van der Waals surface area contributed by atoms with Crippen molar-refractivity contribution in [3.63, 3.8) is 0 Å². The number of nitrogens with one attached hydrogen (secondary N) is 1. The van der Waals surface area contributed by atoms with Gasteiger partial charge in [0.05, 0.1) is 4.90 Å². The second kappa shape index (κ2) is 6.84. The molecule has 122 valence electrons. The molecule has 1 N–H and O–H groups in total. The first-order valence-electron chi connectivity index (χ1n) is 7.65. The molecule has 3 rings (SSSR count). The van der Waals surface area contributed by atoms with Crippen LogP contribution in [0.3, 0.4) is 0 Å². The minimum atomic E-state index is -3.58. The van der Waals surface area contributed by atoms with Crippen LogP contribution in [0.4, 0.5) is 5.69 Å².